The normalized spacial score (nSPS) is 12.2. The van der Waals surface area contributed by atoms with Gasteiger partial charge in [-0.15, -0.1) is 23.7 Å². The fourth-order valence-corrected chi connectivity index (χ4v) is 3.30. The highest BCUT2D eigenvalue weighted by atomic mass is 32.1. The van der Waals surface area contributed by atoms with Gasteiger partial charge in [-0.3, -0.25) is 0 Å². The number of terminal acetylenes is 1. The van der Waals surface area contributed by atoms with Crippen LogP contribution in [0.2, 0.25) is 0 Å². The highest BCUT2D eigenvalue weighted by Gasteiger charge is 2.09. The van der Waals surface area contributed by atoms with E-state index in [0.717, 1.165) is 12.8 Å². The quantitative estimate of drug-likeness (QED) is 0.592. The lowest BCUT2D eigenvalue weighted by molar-refractivity contribution is 0.675. The molecular formula is C19H16S. The van der Waals surface area contributed by atoms with Crippen LogP contribution >= 0.6 is 11.3 Å². The van der Waals surface area contributed by atoms with E-state index in [9.17, 15) is 0 Å². The first-order valence-electron chi connectivity index (χ1n) is 6.81. The van der Waals surface area contributed by atoms with E-state index in [-0.39, 0.29) is 5.92 Å². The van der Waals surface area contributed by atoms with Gasteiger partial charge in [-0.25, -0.2) is 0 Å². The number of thiophene rings is 1. The van der Waals surface area contributed by atoms with Crippen LogP contribution in [0.4, 0.5) is 0 Å². The third-order valence-electron chi connectivity index (χ3n) is 3.56. The van der Waals surface area contributed by atoms with Crippen LogP contribution in [0.15, 0.2) is 60.0 Å². The monoisotopic (exact) mass is 276 g/mol. The van der Waals surface area contributed by atoms with Crippen molar-refractivity contribution in [2.75, 3.05) is 0 Å². The molecule has 0 saturated carbocycles. The van der Waals surface area contributed by atoms with E-state index in [0.29, 0.717) is 0 Å². The Balaban J connectivity index is 1.79. The third-order valence-corrected chi connectivity index (χ3v) is 4.46. The van der Waals surface area contributed by atoms with Crippen molar-refractivity contribution >= 4 is 22.1 Å². The van der Waals surface area contributed by atoms with Crippen molar-refractivity contribution in [2.45, 2.75) is 12.8 Å². The molecule has 1 heterocycles. The van der Waals surface area contributed by atoms with E-state index >= 15 is 0 Å². The molecule has 1 aromatic heterocycles. The van der Waals surface area contributed by atoms with Gasteiger partial charge in [-0.05, 0) is 40.6 Å². The lowest BCUT2D eigenvalue weighted by atomic mass is 9.95. The summed E-state index contributed by atoms with van der Waals surface area (Å²) in [7, 11) is 0. The summed E-state index contributed by atoms with van der Waals surface area (Å²) in [6.45, 7) is 0. The third kappa shape index (κ3) is 2.92. The minimum Gasteiger partial charge on any atom is -0.149 e. The molecule has 2 aromatic carbocycles. The molecule has 3 rings (SSSR count). The first kappa shape index (κ1) is 13.0. The van der Waals surface area contributed by atoms with Crippen molar-refractivity contribution in [1.82, 2.24) is 0 Å². The highest BCUT2D eigenvalue weighted by Crippen LogP contribution is 2.21. The molecule has 0 amide bonds. The molecule has 0 aliphatic heterocycles. The van der Waals surface area contributed by atoms with Gasteiger partial charge in [0.25, 0.3) is 0 Å². The van der Waals surface area contributed by atoms with Gasteiger partial charge < -0.3 is 0 Å². The SMILES string of the molecule is C#CC(Cc1ccc2ccccc2c1)Cc1cccs1. The van der Waals surface area contributed by atoms with E-state index < -0.39 is 0 Å². The summed E-state index contributed by atoms with van der Waals surface area (Å²) in [6.07, 6.45) is 7.62. The summed E-state index contributed by atoms with van der Waals surface area (Å²) in [4.78, 5) is 1.37. The molecule has 3 aromatic rings. The van der Waals surface area contributed by atoms with Gasteiger partial charge in [0.05, 0.1) is 0 Å². The molecule has 1 heteroatoms. The van der Waals surface area contributed by atoms with Crippen LogP contribution in [0.3, 0.4) is 0 Å². The van der Waals surface area contributed by atoms with E-state index in [1.165, 1.54) is 21.2 Å². The number of hydrogen-bond acceptors (Lipinski definition) is 1. The first-order chi connectivity index (χ1) is 9.85. The Bertz CT molecular complexity index is 732. The molecule has 1 unspecified atom stereocenters. The molecule has 0 fully saturated rings. The Morgan fingerprint density at radius 1 is 0.950 bits per heavy atom. The minimum atomic E-state index is 0.273. The Morgan fingerprint density at radius 2 is 1.80 bits per heavy atom. The molecule has 0 saturated heterocycles. The van der Waals surface area contributed by atoms with Gasteiger partial charge in [-0.1, -0.05) is 48.5 Å². The van der Waals surface area contributed by atoms with Gasteiger partial charge >= 0.3 is 0 Å². The van der Waals surface area contributed by atoms with Crippen LogP contribution in [0.25, 0.3) is 10.8 Å². The Morgan fingerprint density at radius 3 is 2.55 bits per heavy atom. The van der Waals surface area contributed by atoms with Gasteiger partial charge in [0.15, 0.2) is 0 Å². The predicted octanol–water partition coefficient (Wildman–Crippen LogP) is 4.94. The Kier molecular flexibility index (Phi) is 3.85. The van der Waals surface area contributed by atoms with Crippen molar-refractivity contribution in [2.24, 2.45) is 5.92 Å². The Hall–Kier alpha value is -2.04. The molecule has 0 N–H and O–H groups in total. The number of rotatable bonds is 4. The fourth-order valence-electron chi connectivity index (χ4n) is 2.51. The summed E-state index contributed by atoms with van der Waals surface area (Å²) < 4.78 is 0. The number of fused-ring (bicyclic) bond motifs is 1. The first-order valence-corrected chi connectivity index (χ1v) is 7.69. The Labute approximate surface area is 124 Å². The topological polar surface area (TPSA) is 0 Å². The zero-order valence-electron chi connectivity index (χ0n) is 11.3. The molecule has 1 atom stereocenters. The van der Waals surface area contributed by atoms with Crippen LogP contribution in [0.5, 0.6) is 0 Å². The molecule has 0 nitrogen and oxygen atoms in total. The predicted molar refractivity (Wildman–Crippen MR) is 88.0 cm³/mol. The van der Waals surface area contributed by atoms with Crippen LogP contribution < -0.4 is 0 Å². The van der Waals surface area contributed by atoms with Crippen LogP contribution in [0.1, 0.15) is 10.4 Å². The van der Waals surface area contributed by atoms with Crippen molar-refractivity contribution in [3.05, 3.63) is 70.4 Å². The molecule has 20 heavy (non-hydrogen) atoms. The second-order valence-electron chi connectivity index (χ2n) is 5.03. The lowest BCUT2D eigenvalue weighted by Gasteiger charge is -2.10. The second kappa shape index (κ2) is 5.94. The smallest absolute Gasteiger partial charge is 0.0288 e. The average molecular weight is 276 g/mol. The van der Waals surface area contributed by atoms with Crippen molar-refractivity contribution < 1.29 is 0 Å². The van der Waals surface area contributed by atoms with Crippen molar-refractivity contribution in [1.29, 1.82) is 0 Å². The molecule has 0 radical (unpaired) electrons. The maximum Gasteiger partial charge on any atom is 0.0288 e. The zero-order chi connectivity index (χ0) is 13.8. The van der Waals surface area contributed by atoms with Crippen molar-refractivity contribution in [3.63, 3.8) is 0 Å². The van der Waals surface area contributed by atoms with Gasteiger partial charge in [0.1, 0.15) is 0 Å². The highest BCUT2D eigenvalue weighted by molar-refractivity contribution is 7.09. The van der Waals surface area contributed by atoms with Gasteiger partial charge in [-0.2, -0.15) is 0 Å². The van der Waals surface area contributed by atoms with Crippen LogP contribution in [-0.2, 0) is 12.8 Å². The molecule has 98 valence electrons. The summed E-state index contributed by atoms with van der Waals surface area (Å²) in [5, 5.41) is 4.68. The van der Waals surface area contributed by atoms with E-state index in [2.05, 4.69) is 65.9 Å². The van der Waals surface area contributed by atoms with E-state index in [1.807, 2.05) is 0 Å². The summed E-state index contributed by atoms with van der Waals surface area (Å²) in [6, 6.07) is 19.3. The maximum absolute atomic E-state index is 5.70. The summed E-state index contributed by atoms with van der Waals surface area (Å²) in [5.41, 5.74) is 1.32. The van der Waals surface area contributed by atoms with Crippen molar-refractivity contribution in [3.8, 4) is 12.3 Å². The second-order valence-corrected chi connectivity index (χ2v) is 6.06. The van der Waals surface area contributed by atoms with E-state index in [4.69, 9.17) is 6.42 Å². The molecule has 0 spiro atoms. The summed E-state index contributed by atoms with van der Waals surface area (Å²) in [5.74, 6) is 3.22. The van der Waals surface area contributed by atoms with Crippen LogP contribution in [-0.4, -0.2) is 0 Å². The zero-order valence-corrected chi connectivity index (χ0v) is 12.1. The maximum atomic E-state index is 5.70. The molecule has 0 aliphatic carbocycles. The number of benzene rings is 2. The largest absolute Gasteiger partial charge is 0.149 e. The average Bonchev–Trinajstić information content (AvgIpc) is 2.99. The fraction of sp³-hybridized carbons (Fsp3) is 0.158. The molecular weight excluding hydrogens is 260 g/mol. The van der Waals surface area contributed by atoms with Gasteiger partial charge in [0, 0.05) is 10.8 Å². The standard InChI is InChI=1S/C19H16S/c1-2-15(14-19-8-5-11-20-19)12-16-9-10-17-6-3-4-7-18(17)13-16/h1,3-11,13,15H,12,14H2. The van der Waals surface area contributed by atoms with Gasteiger partial charge in [0.2, 0.25) is 0 Å². The van der Waals surface area contributed by atoms with E-state index in [1.54, 1.807) is 11.3 Å². The lowest BCUT2D eigenvalue weighted by Crippen LogP contribution is -2.04. The molecule has 0 aliphatic rings. The molecule has 0 bridgehead atoms. The minimum absolute atomic E-state index is 0.273. The van der Waals surface area contributed by atoms with Crippen LogP contribution in [0, 0.1) is 18.3 Å². The number of hydrogen-bond donors (Lipinski definition) is 0. The summed E-state index contributed by atoms with van der Waals surface area (Å²) >= 11 is 1.78.